The van der Waals surface area contributed by atoms with Crippen LogP contribution in [0.2, 0.25) is 0 Å². The van der Waals surface area contributed by atoms with Gasteiger partial charge in [0.25, 0.3) is 0 Å². The molecule has 0 aromatic rings. The van der Waals surface area contributed by atoms with E-state index in [0.29, 0.717) is 6.42 Å². The van der Waals surface area contributed by atoms with E-state index in [-0.39, 0.29) is 42.6 Å². The maximum atomic E-state index is 12.1. The molecule has 0 spiro atoms. The normalized spacial score (nSPS) is 26.7. The van der Waals surface area contributed by atoms with Crippen molar-refractivity contribution in [2.45, 2.75) is 30.4 Å². The van der Waals surface area contributed by atoms with E-state index < -0.39 is 28.6 Å². The molecule has 3 nitrogen and oxygen atoms in total. The van der Waals surface area contributed by atoms with Crippen molar-refractivity contribution in [3.8, 4) is 0 Å². The van der Waals surface area contributed by atoms with Crippen LogP contribution in [-0.4, -0.2) is 32.9 Å². The Kier molecular flexibility index (Phi) is 6.17. The van der Waals surface area contributed by atoms with Gasteiger partial charge in [0.15, 0.2) is 0 Å². The molecule has 14 heavy (non-hydrogen) atoms. The first-order chi connectivity index (χ1) is 5.93. The van der Waals surface area contributed by atoms with Gasteiger partial charge in [-0.25, -0.2) is 0 Å². The minimum Gasteiger partial charge on any atom is -0.772 e. The Labute approximate surface area is 104 Å². The molecular formula is C6H8F3NaO3S. The number of rotatable bonds is 2. The van der Waals surface area contributed by atoms with Gasteiger partial charge in [-0.1, -0.05) is 0 Å². The van der Waals surface area contributed by atoms with Crippen LogP contribution in [-0.2, 0) is 15.8 Å². The molecule has 0 aromatic heterocycles. The molecule has 1 rings (SSSR count). The van der Waals surface area contributed by atoms with Gasteiger partial charge in [0.2, 0.25) is 0 Å². The van der Waals surface area contributed by atoms with Crippen LogP contribution in [0.1, 0.15) is 12.8 Å². The van der Waals surface area contributed by atoms with E-state index in [1.165, 1.54) is 0 Å². The third kappa shape index (κ3) is 3.79. The molecule has 8 heteroatoms. The van der Waals surface area contributed by atoms with Crippen LogP contribution in [0.5, 0.6) is 0 Å². The Morgan fingerprint density at radius 2 is 2.07 bits per heavy atom. The number of halogens is 3. The molecule has 0 N–H and O–H groups in total. The van der Waals surface area contributed by atoms with Crippen LogP contribution in [0.15, 0.2) is 0 Å². The maximum absolute atomic E-state index is 12.1. The molecule has 0 bridgehead atoms. The molecule has 0 saturated carbocycles. The molecule has 3 unspecified atom stereocenters. The van der Waals surface area contributed by atoms with Crippen LogP contribution in [0.25, 0.3) is 0 Å². The molecule has 1 heterocycles. The van der Waals surface area contributed by atoms with E-state index in [1.807, 2.05) is 0 Å². The number of hydrogen-bond donors (Lipinski definition) is 0. The van der Waals surface area contributed by atoms with E-state index in [0.717, 1.165) is 0 Å². The van der Waals surface area contributed by atoms with E-state index in [1.54, 1.807) is 0 Å². The fourth-order valence-electron chi connectivity index (χ4n) is 1.29. The molecule has 0 radical (unpaired) electrons. The van der Waals surface area contributed by atoms with Crippen molar-refractivity contribution in [1.82, 2.24) is 0 Å². The molecule has 1 fully saturated rings. The van der Waals surface area contributed by atoms with E-state index >= 15 is 0 Å². The smallest absolute Gasteiger partial charge is 0.772 e. The molecule has 0 aromatic carbocycles. The SMILES string of the molecule is O=S([O-])C(C1CCCO1)C(F)(F)F.[Na+]. The van der Waals surface area contributed by atoms with Crippen molar-refractivity contribution in [3.05, 3.63) is 0 Å². The summed E-state index contributed by atoms with van der Waals surface area (Å²) < 4.78 is 61.8. The molecule has 78 valence electrons. The summed E-state index contributed by atoms with van der Waals surface area (Å²) in [5.74, 6) is 0. The Hall–Kier alpha value is 0.860. The second-order valence-electron chi connectivity index (χ2n) is 2.77. The molecule has 1 aliphatic heterocycles. The Bertz CT molecular complexity index is 205. The van der Waals surface area contributed by atoms with Crippen molar-refractivity contribution >= 4 is 11.1 Å². The first-order valence-corrected chi connectivity index (χ1v) is 4.83. The molecule has 1 saturated heterocycles. The number of hydrogen-bond acceptors (Lipinski definition) is 3. The Morgan fingerprint density at radius 3 is 2.36 bits per heavy atom. The van der Waals surface area contributed by atoms with Crippen LogP contribution < -0.4 is 29.6 Å². The van der Waals surface area contributed by atoms with Gasteiger partial charge in [-0.15, -0.1) is 0 Å². The fourth-order valence-corrected chi connectivity index (χ4v) is 1.97. The van der Waals surface area contributed by atoms with Gasteiger partial charge in [-0.05, 0) is 23.9 Å². The first-order valence-electron chi connectivity index (χ1n) is 3.69. The zero-order valence-corrected chi connectivity index (χ0v) is 10.4. The molecule has 1 aliphatic rings. The summed E-state index contributed by atoms with van der Waals surface area (Å²) in [7, 11) is 0. The third-order valence-electron chi connectivity index (χ3n) is 1.83. The van der Waals surface area contributed by atoms with E-state index in [4.69, 9.17) is 0 Å². The number of alkyl halides is 3. The van der Waals surface area contributed by atoms with Gasteiger partial charge in [0.1, 0.15) is 5.25 Å². The van der Waals surface area contributed by atoms with Crippen LogP contribution in [0, 0.1) is 0 Å². The summed E-state index contributed by atoms with van der Waals surface area (Å²) in [6.07, 6.45) is -5.33. The summed E-state index contributed by atoms with van der Waals surface area (Å²) in [5.41, 5.74) is 0. The predicted molar refractivity (Wildman–Crippen MR) is 37.7 cm³/mol. The molecule has 0 aliphatic carbocycles. The fraction of sp³-hybridized carbons (Fsp3) is 1.00. The predicted octanol–water partition coefficient (Wildman–Crippen LogP) is -2.02. The minimum atomic E-state index is -4.73. The second kappa shape index (κ2) is 5.81. The minimum absolute atomic E-state index is 0. The quantitative estimate of drug-likeness (QED) is 0.413. The molecule has 3 atom stereocenters. The van der Waals surface area contributed by atoms with Crippen molar-refractivity contribution in [2.24, 2.45) is 0 Å². The third-order valence-corrected chi connectivity index (χ3v) is 2.82. The van der Waals surface area contributed by atoms with Crippen LogP contribution in [0.3, 0.4) is 0 Å². The average Bonchev–Trinajstić information content (AvgIpc) is 2.34. The average molecular weight is 240 g/mol. The summed E-state index contributed by atoms with van der Waals surface area (Å²) in [5, 5.41) is -2.38. The Morgan fingerprint density at radius 1 is 1.50 bits per heavy atom. The second-order valence-corrected chi connectivity index (χ2v) is 3.80. The van der Waals surface area contributed by atoms with E-state index in [2.05, 4.69) is 4.74 Å². The van der Waals surface area contributed by atoms with Crippen molar-refractivity contribution < 1.29 is 56.2 Å². The van der Waals surface area contributed by atoms with Gasteiger partial charge >= 0.3 is 35.7 Å². The zero-order valence-electron chi connectivity index (χ0n) is 7.54. The van der Waals surface area contributed by atoms with Crippen molar-refractivity contribution in [3.63, 3.8) is 0 Å². The van der Waals surface area contributed by atoms with Gasteiger partial charge in [0, 0.05) is 6.61 Å². The van der Waals surface area contributed by atoms with Crippen LogP contribution >= 0.6 is 0 Å². The van der Waals surface area contributed by atoms with Gasteiger partial charge in [0.05, 0.1) is 6.10 Å². The van der Waals surface area contributed by atoms with Gasteiger partial charge < -0.3 is 9.29 Å². The van der Waals surface area contributed by atoms with E-state index in [9.17, 15) is 21.9 Å². The largest absolute Gasteiger partial charge is 1.00 e. The van der Waals surface area contributed by atoms with Gasteiger partial charge in [-0.3, -0.25) is 4.21 Å². The standard InChI is InChI=1S/C6H9F3O3S.Na/c7-6(8,9)5(13(10)11)4-2-1-3-12-4;/h4-5H,1-3H2,(H,10,11);/q;+1/p-1. The van der Waals surface area contributed by atoms with Crippen LogP contribution in [0.4, 0.5) is 13.2 Å². The Balaban J connectivity index is 0.00000169. The first kappa shape index (κ1) is 14.9. The monoisotopic (exact) mass is 240 g/mol. The van der Waals surface area contributed by atoms with Crippen molar-refractivity contribution in [2.75, 3.05) is 6.61 Å². The summed E-state index contributed by atoms with van der Waals surface area (Å²) >= 11 is -3.16. The van der Waals surface area contributed by atoms with Gasteiger partial charge in [-0.2, -0.15) is 13.2 Å². The summed E-state index contributed by atoms with van der Waals surface area (Å²) in [6.45, 7) is 0.203. The summed E-state index contributed by atoms with van der Waals surface area (Å²) in [4.78, 5) is 0. The number of ether oxygens (including phenoxy) is 1. The molecular weight excluding hydrogens is 232 g/mol. The molecule has 0 amide bonds. The summed E-state index contributed by atoms with van der Waals surface area (Å²) in [6, 6.07) is 0. The maximum Gasteiger partial charge on any atom is 1.00 e. The zero-order chi connectivity index (χ0) is 10.1. The topological polar surface area (TPSA) is 49.4 Å². The van der Waals surface area contributed by atoms with Crippen molar-refractivity contribution in [1.29, 1.82) is 0 Å².